The predicted octanol–water partition coefficient (Wildman–Crippen LogP) is 2.97. The summed E-state index contributed by atoms with van der Waals surface area (Å²) >= 11 is 12.2. The second-order valence-electron chi connectivity index (χ2n) is 5.36. The molecule has 2 rings (SSSR count). The fourth-order valence-corrected chi connectivity index (χ4v) is 3.12. The Kier molecular flexibility index (Phi) is 5.12. The molecule has 0 amide bonds. The van der Waals surface area contributed by atoms with E-state index in [4.69, 9.17) is 27.9 Å². The molecule has 1 atom stereocenters. The van der Waals surface area contributed by atoms with Crippen LogP contribution in [0.5, 0.6) is 0 Å². The van der Waals surface area contributed by atoms with Gasteiger partial charge in [0, 0.05) is 32.8 Å². The van der Waals surface area contributed by atoms with E-state index in [2.05, 4.69) is 23.7 Å². The number of rotatable bonds is 3. The lowest BCUT2D eigenvalue weighted by Gasteiger charge is -2.32. The monoisotopic (exact) mass is 305 g/mol. The Morgan fingerprint density at radius 1 is 1.37 bits per heavy atom. The van der Waals surface area contributed by atoms with Gasteiger partial charge in [-0.2, -0.15) is 0 Å². The first-order chi connectivity index (χ1) is 9.00. The van der Waals surface area contributed by atoms with Crippen LogP contribution in [0.3, 0.4) is 0 Å². The summed E-state index contributed by atoms with van der Waals surface area (Å²) < 4.78 is 7.44. The van der Waals surface area contributed by atoms with Crippen molar-refractivity contribution in [2.45, 2.75) is 32.9 Å². The minimum Gasteiger partial charge on any atom is -0.380 e. The molecular weight excluding hydrogens is 285 g/mol. The summed E-state index contributed by atoms with van der Waals surface area (Å²) in [6, 6.07) is 0.507. The Morgan fingerprint density at radius 3 is 2.68 bits per heavy atom. The maximum absolute atomic E-state index is 6.16. The Bertz CT molecular complexity index is 434. The average Bonchev–Trinajstić information content (AvgIpc) is 2.57. The first-order valence-corrected chi connectivity index (χ1v) is 7.44. The molecule has 0 N–H and O–H groups in total. The maximum atomic E-state index is 6.16. The zero-order valence-corrected chi connectivity index (χ0v) is 13.2. The highest BCUT2D eigenvalue weighted by molar-refractivity contribution is 6.32. The van der Waals surface area contributed by atoms with Crippen LogP contribution in [0.1, 0.15) is 26.0 Å². The number of nitrogens with zero attached hydrogens (tertiary/aromatic N) is 3. The second kappa shape index (κ2) is 6.44. The lowest BCUT2D eigenvalue weighted by molar-refractivity contribution is 0.133. The molecule has 1 aromatic rings. The molecule has 2 heterocycles. The van der Waals surface area contributed by atoms with Crippen molar-refractivity contribution in [1.29, 1.82) is 0 Å². The van der Waals surface area contributed by atoms with Gasteiger partial charge in [0.05, 0.1) is 12.3 Å². The van der Waals surface area contributed by atoms with Crippen LogP contribution in [-0.2, 0) is 18.3 Å². The molecule has 1 aliphatic heterocycles. The third-order valence-corrected chi connectivity index (χ3v) is 4.42. The number of hydrogen-bond acceptors (Lipinski definition) is 3. The molecular formula is C13H21Cl2N3O. The highest BCUT2D eigenvalue weighted by atomic mass is 35.5. The number of halogens is 2. The van der Waals surface area contributed by atoms with Gasteiger partial charge in [0.15, 0.2) is 5.15 Å². The van der Waals surface area contributed by atoms with Crippen LogP contribution in [0.25, 0.3) is 0 Å². The predicted molar refractivity (Wildman–Crippen MR) is 77.7 cm³/mol. The molecule has 0 aliphatic carbocycles. The van der Waals surface area contributed by atoms with Gasteiger partial charge in [0.25, 0.3) is 0 Å². The van der Waals surface area contributed by atoms with Gasteiger partial charge in [-0.25, -0.2) is 4.98 Å². The van der Waals surface area contributed by atoms with E-state index in [9.17, 15) is 0 Å². The van der Waals surface area contributed by atoms with Gasteiger partial charge in [-0.15, -0.1) is 0 Å². The smallest absolute Gasteiger partial charge is 0.204 e. The van der Waals surface area contributed by atoms with Gasteiger partial charge >= 0.3 is 0 Å². The SMILES string of the molecule is CC(C)C1CCOCCN1Cc1c(Cl)nc(Cl)n1C. The molecule has 0 spiro atoms. The number of imidazole rings is 1. The third kappa shape index (κ3) is 3.43. The van der Waals surface area contributed by atoms with Crippen LogP contribution < -0.4 is 0 Å². The lowest BCUT2D eigenvalue weighted by atomic mass is 9.99. The van der Waals surface area contributed by atoms with Crippen molar-refractivity contribution in [2.75, 3.05) is 19.8 Å². The maximum Gasteiger partial charge on any atom is 0.204 e. The fraction of sp³-hybridized carbons (Fsp3) is 0.769. The van der Waals surface area contributed by atoms with E-state index in [1.165, 1.54) is 0 Å². The molecule has 4 nitrogen and oxygen atoms in total. The molecule has 0 saturated carbocycles. The topological polar surface area (TPSA) is 30.3 Å². The molecule has 0 radical (unpaired) electrons. The summed E-state index contributed by atoms with van der Waals surface area (Å²) in [5.41, 5.74) is 0.971. The summed E-state index contributed by atoms with van der Waals surface area (Å²) in [5.74, 6) is 0.587. The quantitative estimate of drug-likeness (QED) is 0.860. The summed E-state index contributed by atoms with van der Waals surface area (Å²) in [7, 11) is 1.90. The third-order valence-electron chi connectivity index (χ3n) is 3.78. The largest absolute Gasteiger partial charge is 0.380 e. The van der Waals surface area contributed by atoms with Gasteiger partial charge in [-0.3, -0.25) is 4.90 Å². The minimum absolute atomic E-state index is 0.437. The van der Waals surface area contributed by atoms with Gasteiger partial charge < -0.3 is 9.30 Å². The molecule has 0 aromatic carbocycles. The molecule has 19 heavy (non-hydrogen) atoms. The van der Waals surface area contributed by atoms with Crippen molar-refractivity contribution in [3.05, 3.63) is 16.1 Å². The van der Waals surface area contributed by atoms with Gasteiger partial charge in [-0.1, -0.05) is 25.4 Å². The van der Waals surface area contributed by atoms with Crippen LogP contribution in [0.4, 0.5) is 0 Å². The van der Waals surface area contributed by atoms with Crippen molar-refractivity contribution < 1.29 is 4.74 Å². The highest BCUT2D eigenvalue weighted by Crippen LogP contribution is 2.25. The van der Waals surface area contributed by atoms with E-state index < -0.39 is 0 Å². The Morgan fingerprint density at radius 2 is 2.11 bits per heavy atom. The first-order valence-electron chi connectivity index (χ1n) is 6.69. The standard InChI is InChI=1S/C13H21Cl2N3O/c1-9(2)10-4-6-19-7-5-18(10)8-11-12(14)16-13(15)17(11)3/h9-10H,4-8H2,1-3H3. The van der Waals surface area contributed by atoms with Crippen LogP contribution in [-0.4, -0.2) is 40.3 Å². The van der Waals surface area contributed by atoms with Crippen molar-refractivity contribution in [1.82, 2.24) is 14.5 Å². The van der Waals surface area contributed by atoms with Crippen molar-refractivity contribution in [3.63, 3.8) is 0 Å². The summed E-state index contributed by atoms with van der Waals surface area (Å²) in [4.78, 5) is 6.53. The molecule has 1 aromatic heterocycles. The van der Waals surface area contributed by atoms with Crippen molar-refractivity contribution >= 4 is 23.2 Å². The molecule has 108 valence electrons. The first kappa shape index (κ1) is 15.1. The van der Waals surface area contributed by atoms with Gasteiger partial charge in [-0.05, 0) is 23.9 Å². The molecule has 1 fully saturated rings. The van der Waals surface area contributed by atoms with Gasteiger partial charge in [0.1, 0.15) is 0 Å². The van der Waals surface area contributed by atoms with E-state index in [0.717, 1.165) is 38.4 Å². The minimum atomic E-state index is 0.437. The Labute approximate surface area is 124 Å². The Balaban J connectivity index is 2.18. The van der Waals surface area contributed by atoms with Crippen LogP contribution >= 0.6 is 23.2 Å². The number of ether oxygens (including phenoxy) is 1. The van der Waals surface area contributed by atoms with Crippen molar-refractivity contribution in [3.8, 4) is 0 Å². The summed E-state index contributed by atoms with van der Waals surface area (Å²) in [6.07, 6.45) is 1.06. The molecule has 1 aliphatic rings. The zero-order chi connectivity index (χ0) is 14.0. The second-order valence-corrected chi connectivity index (χ2v) is 6.06. The van der Waals surface area contributed by atoms with Crippen LogP contribution in [0.2, 0.25) is 10.4 Å². The molecule has 0 bridgehead atoms. The van der Waals surface area contributed by atoms with E-state index >= 15 is 0 Å². The number of hydrogen-bond donors (Lipinski definition) is 0. The summed E-state index contributed by atoms with van der Waals surface area (Å²) in [5, 5.41) is 0.937. The van der Waals surface area contributed by atoms with E-state index in [-0.39, 0.29) is 0 Å². The normalized spacial score (nSPS) is 21.9. The Hall–Kier alpha value is -0.290. The van der Waals surface area contributed by atoms with Crippen LogP contribution in [0.15, 0.2) is 0 Å². The van der Waals surface area contributed by atoms with Gasteiger partial charge in [0.2, 0.25) is 5.28 Å². The molecule has 6 heteroatoms. The van der Waals surface area contributed by atoms with E-state index in [0.29, 0.717) is 22.4 Å². The zero-order valence-electron chi connectivity index (χ0n) is 11.7. The summed E-state index contributed by atoms with van der Waals surface area (Å²) in [6.45, 7) is 7.79. The molecule has 1 unspecified atom stereocenters. The average molecular weight is 306 g/mol. The highest BCUT2D eigenvalue weighted by Gasteiger charge is 2.26. The van der Waals surface area contributed by atoms with Crippen molar-refractivity contribution in [2.24, 2.45) is 13.0 Å². The number of aromatic nitrogens is 2. The van der Waals surface area contributed by atoms with E-state index in [1.807, 2.05) is 11.6 Å². The molecule has 1 saturated heterocycles. The fourth-order valence-electron chi connectivity index (χ4n) is 2.62. The van der Waals surface area contributed by atoms with Crippen LogP contribution in [0, 0.1) is 5.92 Å². The van der Waals surface area contributed by atoms with E-state index in [1.54, 1.807) is 0 Å². The lowest BCUT2D eigenvalue weighted by Crippen LogP contribution is -2.39.